The molecule has 0 saturated carbocycles. The largest absolute Gasteiger partial charge is 0.411 e. The van der Waals surface area contributed by atoms with Crippen LogP contribution in [0.15, 0.2) is 35.7 Å². The van der Waals surface area contributed by atoms with Crippen molar-refractivity contribution >= 4 is 17.2 Å². The molecule has 5 heteroatoms. The highest BCUT2D eigenvalue weighted by Gasteiger charge is 2.17. The van der Waals surface area contributed by atoms with Crippen molar-refractivity contribution in [3.63, 3.8) is 0 Å². The Morgan fingerprint density at radius 3 is 2.82 bits per heavy atom. The highest BCUT2D eigenvalue weighted by molar-refractivity contribution is 5.86. The van der Waals surface area contributed by atoms with Gasteiger partial charge in [0.15, 0.2) is 0 Å². The van der Waals surface area contributed by atoms with Gasteiger partial charge in [-0.2, -0.15) is 0 Å². The van der Waals surface area contributed by atoms with Gasteiger partial charge in [-0.05, 0) is 12.1 Å². The number of rotatable bonds is 1. The van der Waals surface area contributed by atoms with E-state index in [1.807, 2.05) is 24.5 Å². The summed E-state index contributed by atoms with van der Waals surface area (Å²) in [4.78, 5) is 6.57. The summed E-state index contributed by atoms with van der Waals surface area (Å²) >= 11 is 0. The molecule has 1 fully saturated rings. The Labute approximate surface area is 99.0 Å². The number of piperidine rings is 1. The van der Waals surface area contributed by atoms with Gasteiger partial charge in [-0.25, -0.2) is 4.98 Å². The maximum absolute atomic E-state index is 8.74. The van der Waals surface area contributed by atoms with Crippen LogP contribution in [-0.2, 0) is 0 Å². The zero-order valence-electron chi connectivity index (χ0n) is 9.45. The summed E-state index contributed by atoms with van der Waals surface area (Å²) in [6, 6.07) is 6.11. The molecule has 88 valence electrons. The number of anilines is 1. The number of pyridine rings is 1. The van der Waals surface area contributed by atoms with Crippen molar-refractivity contribution in [2.75, 3.05) is 18.0 Å². The molecular formula is C12H14N4O. The van der Waals surface area contributed by atoms with E-state index >= 15 is 0 Å². The SMILES string of the molecule is ON=C1CCN(c2cccc3nccn23)CC1. The summed E-state index contributed by atoms with van der Waals surface area (Å²) in [6.45, 7) is 1.77. The van der Waals surface area contributed by atoms with E-state index < -0.39 is 0 Å². The fourth-order valence-corrected chi connectivity index (χ4v) is 2.28. The summed E-state index contributed by atoms with van der Waals surface area (Å²) in [5, 5.41) is 12.0. The van der Waals surface area contributed by atoms with Crippen molar-refractivity contribution in [1.29, 1.82) is 0 Å². The summed E-state index contributed by atoms with van der Waals surface area (Å²) in [5.41, 5.74) is 1.85. The van der Waals surface area contributed by atoms with Gasteiger partial charge in [0.25, 0.3) is 0 Å². The third-order valence-corrected chi connectivity index (χ3v) is 3.21. The summed E-state index contributed by atoms with van der Waals surface area (Å²) < 4.78 is 2.08. The summed E-state index contributed by atoms with van der Waals surface area (Å²) in [5.74, 6) is 1.15. The molecule has 5 nitrogen and oxygen atoms in total. The van der Waals surface area contributed by atoms with E-state index in [2.05, 4.69) is 25.5 Å². The molecule has 1 aliphatic heterocycles. The molecule has 0 aliphatic carbocycles. The molecule has 0 atom stereocenters. The quantitative estimate of drug-likeness (QED) is 0.600. The van der Waals surface area contributed by atoms with Gasteiger partial charge in [0.1, 0.15) is 11.5 Å². The second-order valence-electron chi connectivity index (χ2n) is 4.19. The standard InChI is InChI=1S/C12H14N4O/c17-14-10-4-7-15(8-5-10)12-3-1-2-11-13-6-9-16(11)12/h1-3,6,9,17H,4-5,7-8H2. The topological polar surface area (TPSA) is 53.1 Å². The summed E-state index contributed by atoms with van der Waals surface area (Å²) in [7, 11) is 0. The zero-order chi connectivity index (χ0) is 11.7. The smallest absolute Gasteiger partial charge is 0.138 e. The first kappa shape index (κ1) is 10.1. The molecule has 0 aromatic carbocycles. The Balaban J connectivity index is 1.92. The van der Waals surface area contributed by atoms with Crippen molar-refractivity contribution in [1.82, 2.24) is 9.38 Å². The van der Waals surface area contributed by atoms with Crippen LogP contribution < -0.4 is 4.90 Å². The molecule has 2 aromatic heterocycles. The Hall–Kier alpha value is -2.04. The molecule has 1 saturated heterocycles. The minimum absolute atomic E-state index is 0.821. The van der Waals surface area contributed by atoms with Gasteiger partial charge < -0.3 is 10.1 Å². The van der Waals surface area contributed by atoms with Crippen LogP contribution in [0.3, 0.4) is 0 Å². The average molecular weight is 230 g/mol. The number of hydrogen-bond donors (Lipinski definition) is 1. The number of aromatic nitrogens is 2. The van der Waals surface area contributed by atoms with Gasteiger partial charge in [0.05, 0.1) is 5.71 Å². The maximum Gasteiger partial charge on any atom is 0.138 e. The number of imidazole rings is 1. The Morgan fingerprint density at radius 1 is 1.24 bits per heavy atom. The lowest BCUT2D eigenvalue weighted by Crippen LogP contribution is -2.34. The number of hydrogen-bond acceptors (Lipinski definition) is 4. The third kappa shape index (κ3) is 1.73. The molecule has 3 heterocycles. The van der Waals surface area contributed by atoms with Crippen LogP contribution in [0.25, 0.3) is 5.65 Å². The molecule has 3 rings (SSSR count). The second kappa shape index (κ2) is 4.08. The van der Waals surface area contributed by atoms with E-state index in [9.17, 15) is 0 Å². The molecule has 0 unspecified atom stereocenters. The van der Waals surface area contributed by atoms with Crippen LogP contribution in [0.1, 0.15) is 12.8 Å². The molecule has 1 N–H and O–H groups in total. The van der Waals surface area contributed by atoms with Crippen LogP contribution in [-0.4, -0.2) is 33.4 Å². The molecule has 0 amide bonds. The molecule has 1 aliphatic rings. The summed E-state index contributed by atoms with van der Waals surface area (Å²) in [6.07, 6.45) is 5.42. The lowest BCUT2D eigenvalue weighted by Gasteiger charge is -2.29. The van der Waals surface area contributed by atoms with Crippen LogP contribution in [0.4, 0.5) is 5.82 Å². The van der Waals surface area contributed by atoms with Gasteiger partial charge in [0, 0.05) is 38.3 Å². The normalized spacial score (nSPS) is 16.5. The van der Waals surface area contributed by atoms with E-state index in [-0.39, 0.29) is 0 Å². The lowest BCUT2D eigenvalue weighted by atomic mass is 10.1. The average Bonchev–Trinajstić information content (AvgIpc) is 2.87. The lowest BCUT2D eigenvalue weighted by molar-refractivity contribution is 0.315. The van der Waals surface area contributed by atoms with Crippen LogP contribution in [0.2, 0.25) is 0 Å². The van der Waals surface area contributed by atoms with Crippen molar-refractivity contribution in [2.45, 2.75) is 12.8 Å². The van der Waals surface area contributed by atoms with Crippen LogP contribution >= 0.6 is 0 Å². The van der Waals surface area contributed by atoms with E-state index in [1.165, 1.54) is 0 Å². The monoisotopic (exact) mass is 230 g/mol. The molecule has 0 radical (unpaired) electrons. The Bertz CT molecular complexity index is 550. The first-order valence-electron chi connectivity index (χ1n) is 5.75. The second-order valence-corrected chi connectivity index (χ2v) is 4.19. The fourth-order valence-electron chi connectivity index (χ4n) is 2.28. The van der Waals surface area contributed by atoms with Crippen LogP contribution in [0.5, 0.6) is 0 Å². The fraction of sp³-hybridized carbons (Fsp3) is 0.333. The van der Waals surface area contributed by atoms with Crippen molar-refractivity contribution in [3.05, 3.63) is 30.6 Å². The number of nitrogens with zero attached hydrogens (tertiary/aromatic N) is 4. The molecule has 17 heavy (non-hydrogen) atoms. The van der Waals surface area contributed by atoms with Gasteiger partial charge in [-0.3, -0.25) is 4.40 Å². The Morgan fingerprint density at radius 2 is 2.06 bits per heavy atom. The first-order valence-corrected chi connectivity index (χ1v) is 5.75. The minimum atomic E-state index is 0.821. The molecule has 0 bridgehead atoms. The maximum atomic E-state index is 8.74. The minimum Gasteiger partial charge on any atom is -0.411 e. The van der Waals surface area contributed by atoms with Crippen LogP contribution in [0, 0.1) is 0 Å². The zero-order valence-corrected chi connectivity index (χ0v) is 9.45. The third-order valence-electron chi connectivity index (χ3n) is 3.21. The number of oxime groups is 1. The molecular weight excluding hydrogens is 216 g/mol. The predicted molar refractivity (Wildman–Crippen MR) is 65.9 cm³/mol. The molecule has 0 spiro atoms. The van der Waals surface area contributed by atoms with Gasteiger partial charge in [-0.15, -0.1) is 0 Å². The van der Waals surface area contributed by atoms with Crippen molar-refractivity contribution in [2.24, 2.45) is 5.16 Å². The van der Waals surface area contributed by atoms with E-state index in [4.69, 9.17) is 5.21 Å². The predicted octanol–water partition coefficient (Wildman–Crippen LogP) is 1.76. The molecule has 2 aromatic rings. The van der Waals surface area contributed by atoms with Gasteiger partial charge >= 0.3 is 0 Å². The van der Waals surface area contributed by atoms with Crippen molar-refractivity contribution in [3.8, 4) is 0 Å². The van der Waals surface area contributed by atoms with Gasteiger partial charge in [0.2, 0.25) is 0 Å². The Kier molecular flexibility index (Phi) is 2.44. The van der Waals surface area contributed by atoms with E-state index in [1.54, 1.807) is 0 Å². The highest BCUT2D eigenvalue weighted by Crippen LogP contribution is 2.20. The van der Waals surface area contributed by atoms with E-state index in [0.29, 0.717) is 0 Å². The van der Waals surface area contributed by atoms with E-state index in [0.717, 1.165) is 43.1 Å². The highest BCUT2D eigenvalue weighted by atomic mass is 16.4. The van der Waals surface area contributed by atoms with Gasteiger partial charge in [-0.1, -0.05) is 11.2 Å². The first-order chi connectivity index (χ1) is 8.38. The number of fused-ring (bicyclic) bond motifs is 1. The van der Waals surface area contributed by atoms with Crippen molar-refractivity contribution < 1.29 is 5.21 Å².